The molecule has 0 radical (unpaired) electrons. The minimum atomic E-state index is -0.294. The summed E-state index contributed by atoms with van der Waals surface area (Å²) in [5.74, 6) is 0.695. The Balaban J connectivity index is 1.75. The highest BCUT2D eigenvalue weighted by Crippen LogP contribution is 2.22. The van der Waals surface area contributed by atoms with Crippen LogP contribution in [0.4, 0.5) is 16.2 Å². The second kappa shape index (κ2) is 5.58. The predicted molar refractivity (Wildman–Crippen MR) is 83.9 cm³/mol. The molecule has 0 fully saturated rings. The number of benzene rings is 2. The fourth-order valence-electron chi connectivity index (χ4n) is 2.18. The molecule has 1 heterocycles. The molecule has 3 N–H and O–H groups in total. The van der Waals surface area contributed by atoms with Crippen molar-refractivity contribution in [1.29, 1.82) is 0 Å². The maximum Gasteiger partial charge on any atom is 0.323 e. The number of rotatable bonds is 3. The summed E-state index contributed by atoms with van der Waals surface area (Å²) >= 11 is 0. The lowest BCUT2D eigenvalue weighted by molar-refractivity contribution is 0.262. The topological polar surface area (TPSA) is 66.2 Å². The lowest BCUT2D eigenvalue weighted by Gasteiger charge is -2.09. The number of carbonyl (C=O) groups excluding carboxylic acids is 1. The van der Waals surface area contributed by atoms with E-state index in [-0.39, 0.29) is 6.03 Å². The average Bonchev–Trinajstić information content (AvgIpc) is 2.97. The fourth-order valence-corrected chi connectivity index (χ4v) is 2.18. The molecule has 0 saturated heterocycles. The van der Waals surface area contributed by atoms with E-state index in [9.17, 15) is 4.79 Å². The number of fused-ring (bicyclic) bond motifs is 1. The number of aromatic nitrogens is 1. The molecule has 0 aliphatic carbocycles. The quantitative estimate of drug-likeness (QED) is 0.683. The molecule has 5 nitrogen and oxygen atoms in total. The van der Waals surface area contributed by atoms with Gasteiger partial charge in [-0.2, -0.15) is 0 Å². The number of ether oxygens (including phenoxy) is 1. The van der Waals surface area contributed by atoms with Crippen LogP contribution in [0.5, 0.6) is 5.75 Å². The Morgan fingerprint density at radius 3 is 2.81 bits per heavy atom. The van der Waals surface area contributed by atoms with Crippen LogP contribution in [-0.2, 0) is 0 Å². The largest absolute Gasteiger partial charge is 0.497 e. The number of carbonyl (C=O) groups is 1. The Morgan fingerprint density at radius 2 is 1.95 bits per heavy atom. The van der Waals surface area contributed by atoms with Gasteiger partial charge in [0.15, 0.2) is 0 Å². The van der Waals surface area contributed by atoms with Gasteiger partial charge >= 0.3 is 6.03 Å². The van der Waals surface area contributed by atoms with Gasteiger partial charge in [-0.1, -0.05) is 12.1 Å². The Hall–Kier alpha value is -2.95. The van der Waals surface area contributed by atoms with Crippen LogP contribution in [0, 0.1) is 0 Å². The predicted octanol–water partition coefficient (Wildman–Crippen LogP) is 3.82. The summed E-state index contributed by atoms with van der Waals surface area (Å²) < 4.78 is 5.13. The summed E-state index contributed by atoms with van der Waals surface area (Å²) in [6.07, 6.45) is 1.84. The molecule has 106 valence electrons. The Morgan fingerprint density at radius 1 is 1.10 bits per heavy atom. The standard InChI is InChI=1S/C16H15N3O2/c1-21-12-5-2-4-11(10-12)18-16(20)19-15-7-3-6-14-13(15)8-9-17-14/h2-10,17H,1H3,(H2,18,19,20). The molecule has 0 saturated carbocycles. The molecule has 0 atom stereocenters. The van der Waals surface area contributed by atoms with Crippen LogP contribution in [0.25, 0.3) is 10.9 Å². The fraction of sp³-hybridized carbons (Fsp3) is 0.0625. The number of aromatic amines is 1. The highest BCUT2D eigenvalue weighted by molar-refractivity contribution is 6.05. The van der Waals surface area contributed by atoms with Gasteiger partial charge in [0, 0.05) is 28.9 Å². The first kappa shape index (κ1) is 13.1. The van der Waals surface area contributed by atoms with Gasteiger partial charge in [-0.15, -0.1) is 0 Å². The molecule has 0 aliphatic heterocycles. The molecule has 21 heavy (non-hydrogen) atoms. The number of nitrogens with one attached hydrogen (secondary N) is 3. The Bertz CT molecular complexity index is 780. The van der Waals surface area contributed by atoms with E-state index in [4.69, 9.17) is 4.74 Å². The van der Waals surface area contributed by atoms with Gasteiger partial charge in [-0.25, -0.2) is 4.79 Å². The van der Waals surface area contributed by atoms with Gasteiger partial charge in [0.25, 0.3) is 0 Å². The summed E-state index contributed by atoms with van der Waals surface area (Å²) in [6, 6.07) is 14.6. The summed E-state index contributed by atoms with van der Waals surface area (Å²) in [7, 11) is 1.59. The zero-order chi connectivity index (χ0) is 14.7. The summed E-state index contributed by atoms with van der Waals surface area (Å²) in [5.41, 5.74) is 2.41. The van der Waals surface area contributed by atoms with E-state index in [1.165, 1.54) is 0 Å². The molecule has 0 unspecified atom stereocenters. The molecular weight excluding hydrogens is 266 g/mol. The summed E-state index contributed by atoms with van der Waals surface area (Å²) in [5, 5.41) is 6.60. The van der Waals surface area contributed by atoms with E-state index in [2.05, 4.69) is 15.6 Å². The second-order valence-corrected chi connectivity index (χ2v) is 4.56. The summed E-state index contributed by atoms with van der Waals surface area (Å²) in [4.78, 5) is 15.2. The third kappa shape index (κ3) is 2.81. The van der Waals surface area contributed by atoms with Crippen molar-refractivity contribution < 1.29 is 9.53 Å². The van der Waals surface area contributed by atoms with Crippen LogP contribution in [0.15, 0.2) is 54.7 Å². The van der Waals surface area contributed by atoms with Crippen molar-refractivity contribution in [1.82, 2.24) is 4.98 Å². The molecule has 0 aliphatic rings. The third-order valence-electron chi connectivity index (χ3n) is 3.17. The van der Waals surface area contributed by atoms with Crippen LogP contribution in [0.2, 0.25) is 0 Å². The molecular formula is C16H15N3O2. The first-order chi connectivity index (χ1) is 10.3. The first-order valence-electron chi connectivity index (χ1n) is 6.54. The molecule has 2 aromatic carbocycles. The van der Waals surface area contributed by atoms with Crippen molar-refractivity contribution in [2.24, 2.45) is 0 Å². The van der Waals surface area contributed by atoms with Crippen molar-refractivity contribution >= 4 is 28.3 Å². The lowest BCUT2D eigenvalue weighted by atomic mass is 10.2. The number of H-pyrrole nitrogens is 1. The maximum absolute atomic E-state index is 12.1. The number of hydrogen-bond donors (Lipinski definition) is 3. The number of anilines is 2. The normalized spacial score (nSPS) is 10.3. The molecule has 0 bridgehead atoms. The summed E-state index contributed by atoms with van der Waals surface area (Å²) in [6.45, 7) is 0. The molecule has 5 heteroatoms. The van der Waals surface area contributed by atoms with Crippen molar-refractivity contribution in [3.63, 3.8) is 0 Å². The van der Waals surface area contributed by atoms with E-state index in [1.54, 1.807) is 19.2 Å². The molecule has 3 rings (SSSR count). The van der Waals surface area contributed by atoms with E-state index in [1.807, 2.05) is 42.6 Å². The van der Waals surface area contributed by atoms with Gasteiger partial charge < -0.3 is 20.4 Å². The zero-order valence-electron chi connectivity index (χ0n) is 11.5. The smallest absolute Gasteiger partial charge is 0.323 e. The van der Waals surface area contributed by atoms with Crippen molar-refractivity contribution in [3.05, 3.63) is 54.7 Å². The highest BCUT2D eigenvalue weighted by Gasteiger charge is 2.06. The monoisotopic (exact) mass is 281 g/mol. The number of methoxy groups -OCH3 is 1. The highest BCUT2D eigenvalue weighted by atomic mass is 16.5. The SMILES string of the molecule is COc1cccc(NC(=O)Nc2cccc3[nH]ccc23)c1. The van der Waals surface area contributed by atoms with Crippen molar-refractivity contribution in [2.75, 3.05) is 17.7 Å². The van der Waals surface area contributed by atoms with Crippen LogP contribution >= 0.6 is 0 Å². The molecule has 3 aromatic rings. The zero-order valence-corrected chi connectivity index (χ0v) is 11.5. The van der Waals surface area contributed by atoms with Crippen LogP contribution in [0.3, 0.4) is 0 Å². The van der Waals surface area contributed by atoms with Crippen LogP contribution < -0.4 is 15.4 Å². The maximum atomic E-state index is 12.1. The van der Waals surface area contributed by atoms with Gasteiger partial charge in [0.2, 0.25) is 0 Å². The minimum Gasteiger partial charge on any atom is -0.497 e. The van der Waals surface area contributed by atoms with E-state index in [0.717, 1.165) is 16.6 Å². The minimum absolute atomic E-state index is 0.294. The van der Waals surface area contributed by atoms with Gasteiger partial charge in [-0.05, 0) is 30.3 Å². The molecule has 2 amide bonds. The molecule has 0 spiro atoms. The Kier molecular flexibility index (Phi) is 3.47. The van der Waals surface area contributed by atoms with Crippen LogP contribution in [-0.4, -0.2) is 18.1 Å². The molecule has 1 aromatic heterocycles. The Labute approximate surface area is 121 Å². The van der Waals surface area contributed by atoms with E-state index < -0.39 is 0 Å². The van der Waals surface area contributed by atoms with E-state index >= 15 is 0 Å². The number of urea groups is 1. The second-order valence-electron chi connectivity index (χ2n) is 4.56. The number of hydrogen-bond acceptors (Lipinski definition) is 2. The number of amides is 2. The van der Waals surface area contributed by atoms with Gasteiger partial charge in [0.1, 0.15) is 5.75 Å². The van der Waals surface area contributed by atoms with Gasteiger partial charge in [0.05, 0.1) is 12.8 Å². The van der Waals surface area contributed by atoms with E-state index in [0.29, 0.717) is 11.4 Å². The van der Waals surface area contributed by atoms with Crippen molar-refractivity contribution in [3.8, 4) is 5.75 Å². The first-order valence-corrected chi connectivity index (χ1v) is 6.54. The van der Waals surface area contributed by atoms with Gasteiger partial charge in [-0.3, -0.25) is 0 Å². The third-order valence-corrected chi connectivity index (χ3v) is 3.17. The average molecular weight is 281 g/mol. The van der Waals surface area contributed by atoms with Crippen molar-refractivity contribution in [2.45, 2.75) is 0 Å². The lowest BCUT2D eigenvalue weighted by Crippen LogP contribution is -2.19. The van der Waals surface area contributed by atoms with Crippen LogP contribution in [0.1, 0.15) is 0 Å².